The zero-order valence-corrected chi connectivity index (χ0v) is 45.9. The van der Waals surface area contributed by atoms with Gasteiger partial charge in [0.1, 0.15) is 0 Å². The van der Waals surface area contributed by atoms with Gasteiger partial charge in [0, 0.05) is 34.1 Å². The first-order chi connectivity index (χ1) is 40.7. The number of benzene rings is 12. The maximum Gasteiger partial charge on any atom is 0.0714 e. The van der Waals surface area contributed by atoms with Crippen molar-refractivity contribution >= 4 is 34.1 Å². The van der Waals surface area contributed by atoms with Gasteiger partial charge >= 0.3 is 0 Å². The third-order valence-electron chi connectivity index (χ3n) is 18.2. The second kappa shape index (κ2) is 21.0. The van der Waals surface area contributed by atoms with Gasteiger partial charge in [-0.25, -0.2) is 0 Å². The Kier molecular flexibility index (Phi) is 12.7. The summed E-state index contributed by atoms with van der Waals surface area (Å²) < 4.78 is 0. The third kappa shape index (κ3) is 8.66. The van der Waals surface area contributed by atoms with Crippen LogP contribution < -0.4 is 9.80 Å². The van der Waals surface area contributed by atoms with E-state index in [0.717, 1.165) is 45.8 Å². The lowest BCUT2D eigenvalue weighted by Gasteiger charge is -2.35. The molecule has 2 saturated carbocycles. The molecule has 2 bridgehead atoms. The first-order valence-corrected chi connectivity index (χ1v) is 29.3. The van der Waals surface area contributed by atoms with Crippen LogP contribution >= 0.6 is 0 Å². The van der Waals surface area contributed by atoms with Gasteiger partial charge in [-0.3, -0.25) is 0 Å². The molecule has 82 heavy (non-hydrogen) atoms. The first kappa shape index (κ1) is 49.3. The van der Waals surface area contributed by atoms with Crippen LogP contribution in [0.3, 0.4) is 0 Å². The molecule has 0 amide bonds. The molecule has 0 aromatic heterocycles. The Bertz CT molecular complexity index is 4160. The van der Waals surface area contributed by atoms with Crippen molar-refractivity contribution in [1.29, 1.82) is 0 Å². The number of anilines is 6. The molecule has 12 aromatic carbocycles. The normalized spacial score (nSPS) is 16.3. The van der Waals surface area contributed by atoms with E-state index in [4.69, 9.17) is 0 Å². The predicted octanol–water partition coefficient (Wildman–Crippen LogP) is 21.6. The van der Waals surface area contributed by atoms with Crippen LogP contribution in [0.25, 0.3) is 55.6 Å². The summed E-state index contributed by atoms with van der Waals surface area (Å²) in [6.45, 7) is 0. The average Bonchev–Trinajstić information content (AvgIpc) is 2.77. The highest BCUT2D eigenvalue weighted by atomic mass is 15.1. The number of fused-ring (bicyclic) bond motifs is 5. The Morgan fingerprint density at radius 2 is 0.671 bits per heavy atom. The summed E-state index contributed by atoms with van der Waals surface area (Å²) >= 11 is 0. The number of nitrogens with zero attached hydrogens (tertiary/aromatic N) is 2. The lowest BCUT2D eigenvalue weighted by molar-refractivity contribution is 0.420. The highest BCUT2D eigenvalue weighted by molar-refractivity contribution is 5.96. The lowest BCUT2D eigenvalue weighted by atomic mass is 9.67. The maximum atomic E-state index is 2.48. The van der Waals surface area contributed by atoms with E-state index in [0.29, 0.717) is 5.92 Å². The summed E-state index contributed by atoms with van der Waals surface area (Å²) in [6.07, 6.45) is 5.51. The zero-order valence-electron chi connectivity index (χ0n) is 45.9. The predicted molar refractivity (Wildman–Crippen MR) is 343 cm³/mol. The van der Waals surface area contributed by atoms with Gasteiger partial charge in [-0.2, -0.15) is 0 Å². The van der Waals surface area contributed by atoms with Crippen molar-refractivity contribution in [1.82, 2.24) is 0 Å². The first-order valence-electron chi connectivity index (χ1n) is 29.3. The molecule has 3 unspecified atom stereocenters. The van der Waals surface area contributed by atoms with Crippen LogP contribution in [0.1, 0.15) is 59.4 Å². The summed E-state index contributed by atoms with van der Waals surface area (Å²) in [6, 6.07) is 115. The number of para-hydroxylation sites is 2. The second-order valence-corrected chi connectivity index (χ2v) is 22.7. The molecule has 2 nitrogen and oxygen atoms in total. The fourth-order valence-corrected chi connectivity index (χ4v) is 14.5. The Morgan fingerprint density at radius 1 is 0.268 bits per heavy atom. The van der Waals surface area contributed by atoms with Gasteiger partial charge in [0.25, 0.3) is 0 Å². The molecule has 2 heteroatoms. The quantitative estimate of drug-likeness (QED) is 0.114. The lowest BCUT2D eigenvalue weighted by Crippen LogP contribution is -2.28. The maximum absolute atomic E-state index is 2.48. The van der Waals surface area contributed by atoms with Gasteiger partial charge in [-0.05, 0) is 205 Å². The molecule has 3 aliphatic rings. The van der Waals surface area contributed by atoms with E-state index in [1.807, 2.05) is 0 Å². The van der Waals surface area contributed by atoms with Crippen LogP contribution in [0.4, 0.5) is 34.1 Å². The van der Waals surface area contributed by atoms with Crippen molar-refractivity contribution in [2.75, 3.05) is 9.80 Å². The number of rotatable bonds is 13. The van der Waals surface area contributed by atoms with Gasteiger partial charge in [0.2, 0.25) is 0 Å². The van der Waals surface area contributed by atoms with Crippen molar-refractivity contribution in [2.24, 2.45) is 11.8 Å². The van der Waals surface area contributed by atoms with Crippen LogP contribution in [0, 0.1) is 11.8 Å². The molecule has 392 valence electrons. The smallest absolute Gasteiger partial charge is 0.0714 e. The van der Waals surface area contributed by atoms with Crippen molar-refractivity contribution in [3.63, 3.8) is 0 Å². The second-order valence-electron chi connectivity index (χ2n) is 22.7. The van der Waals surface area contributed by atoms with Gasteiger partial charge < -0.3 is 9.80 Å². The van der Waals surface area contributed by atoms with E-state index < -0.39 is 5.41 Å². The Hall–Kier alpha value is -9.76. The zero-order chi connectivity index (χ0) is 54.4. The van der Waals surface area contributed by atoms with Crippen molar-refractivity contribution < 1.29 is 0 Å². The van der Waals surface area contributed by atoms with Crippen LogP contribution in [-0.4, -0.2) is 0 Å². The van der Waals surface area contributed by atoms with E-state index in [-0.39, 0.29) is 0 Å². The van der Waals surface area contributed by atoms with Crippen molar-refractivity contribution in [3.8, 4) is 55.6 Å². The Morgan fingerprint density at radius 3 is 1.16 bits per heavy atom. The fourth-order valence-electron chi connectivity index (χ4n) is 14.5. The third-order valence-corrected chi connectivity index (χ3v) is 18.2. The Balaban J connectivity index is 0.840. The van der Waals surface area contributed by atoms with Crippen molar-refractivity contribution in [2.45, 2.75) is 37.0 Å². The van der Waals surface area contributed by atoms with E-state index >= 15 is 0 Å². The van der Waals surface area contributed by atoms with Crippen LogP contribution in [-0.2, 0) is 5.41 Å². The largest absolute Gasteiger partial charge is 0.310 e. The molecule has 0 heterocycles. The fraction of sp³-hybridized carbons (Fsp3) is 0.100. The monoisotopic (exact) mass is 1050 g/mol. The molecular weight excluding hydrogens is 989 g/mol. The molecule has 0 radical (unpaired) electrons. The van der Waals surface area contributed by atoms with Crippen LogP contribution in [0.5, 0.6) is 0 Å². The van der Waals surface area contributed by atoms with Gasteiger partial charge in [-0.1, -0.05) is 231 Å². The molecule has 0 N–H and O–H groups in total. The molecule has 3 aliphatic carbocycles. The van der Waals surface area contributed by atoms with Crippen LogP contribution in [0.2, 0.25) is 0 Å². The average molecular weight is 1050 g/mol. The minimum atomic E-state index is -0.516. The Labute approximate surface area is 482 Å². The van der Waals surface area contributed by atoms with Crippen molar-refractivity contribution in [3.05, 3.63) is 337 Å². The molecule has 0 aliphatic heterocycles. The highest BCUT2D eigenvalue weighted by Gasteiger charge is 2.46. The van der Waals surface area contributed by atoms with Gasteiger partial charge in [0.15, 0.2) is 0 Å². The molecule has 3 atom stereocenters. The molecule has 12 aromatic rings. The molecule has 2 fully saturated rings. The van der Waals surface area contributed by atoms with E-state index in [1.54, 1.807) is 0 Å². The summed E-state index contributed by atoms with van der Waals surface area (Å²) in [5.74, 6) is 2.38. The summed E-state index contributed by atoms with van der Waals surface area (Å²) in [4.78, 5) is 4.86. The molecule has 15 rings (SSSR count). The molecule has 0 spiro atoms. The summed E-state index contributed by atoms with van der Waals surface area (Å²) in [7, 11) is 0. The van der Waals surface area contributed by atoms with Crippen LogP contribution in [0.15, 0.2) is 309 Å². The number of hydrogen-bond donors (Lipinski definition) is 0. The minimum Gasteiger partial charge on any atom is -0.310 e. The summed E-state index contributed by atoms with van der Waals surface area (Å²) in [5.41, 5.74) is 24.8. The standard InChI is InChI=1S/C80H62N2/c1-7-22-57(23-8-1)74-55-77(75(58-24-9-2-10-25-58)54-76(74)59-40-44-67(45-41-59)81(65-31-15-5-16-32-65)69-35-21-26-61(52-69)73-51-56-38-39-62(73)50-56)60-42-46-68(47-43-60)82(66-33-17-6-18-34-66)70-48-49-72-71-36-19-20-37-78(71)80(79(72)53-70,63-27-11-3-12-28-63)64-29-13-4-14-30-64/h1-37,40-49,52-56,62,73H,38-39,50-51H2. The molecular formula is C80H62N2. The number of hydrogen-bond acceptors (Lipinski definition) is 2. The minimum absolute atomic E-state index is 0.516. The SMILES string of the molecule is c1ccc(-c2cc(-c3ccc(N(c4ccccc4)c4ccc5c(c4)C(c4ccccc4)(c4ccccc4)c4ccccc4-5)cc3)c(-c3ccccc3)cc2-c2ccc(N(c3ccccc3)c3cccc(C4CC5CCC4C5)c3)cc2)cc1. The van der Waals surface area contributed by atoms with E-state index in [2.05, 4.69) is 319 Å². The highest BCUT2D eigenvalue weighted by Crippen LogP contribution is 2.58. The topological polar surface area (TPSA) is 6.48 Å². The van der Waals surface area contributed by atoms with Gasteiger partial charge in [0.05, 0.1) is 5.41 Å². The van der Waals surface area contributed by atoms with E-state index in [1.165, 1.54) is 109 Å². The van der Waals surface area contributed by atoms with E-state index in [9.17, 15) is 0 Å². The van der Waals surface area contributed by atoms with Gasteiger partial charge in [-0.15, -0.1) is 0 Å². The summed E-state index contributed by atoms with van der Waals surface area (Å²) in [5, 5.41) is 0. The molecule has 0 saturated heterocycles.